The molecule has 33 heavy (non-hydrogen) atoms. The van der Waals surface area contributed by atoms with E-state index in [9.17, 15) is 22.4 Å². The molecule has 0 aliphatic heterocycles. The van der Waals surface area contributed by atoms with Crippen molar-refractivity contribution >= 4 is 38.9 Å². The Morgan fingerprint density at radius 3 is 2.24 bits per heavy atom. The molecule has 0 aliphatic carbocycles. The summed E-state index contributed by atoms with van der Waals surface area (Å²) in [5.74, 6) is -1.46. The van der Waals surface area contributed by atoms with E-state index < -0.39 is 21.7 Å². The van der Waals surface area contributed by atoms with E-state index in [2.05, 4.69) is 15.4 Å². The topological polar surface area (TPSA) is 114 Å². The van der Waals surface area contributed by atoms with E-state index in [1.165, 1.54) is 55.5 Å². The van der Waals surface area contributed by atoms with Gasteiger partial charge in [0.2, 0.25) is 5.91 Å². The van der Waals surface area contributed by atoms with Crippen molar-refractivity contribution in [2.45, 2.75) is 18.7 Å². The van der Waals surface area contributed by atoms with Crippen LogP contribution in [0.5, 0.6) is 5.75 Å². The molecule has 0 unspecified atom stereocenters. The number of halogens is 1. The lowest BCUT2D eigenvalue weighted by Crippen LogP contribution is -2.17. The molecule has 0 saturated heterocycles. The summed E-state index contributed by atoms with van der Waals surface area (Å²) in [5.41, 5.74) is 0.680. The molecular formula is C23H22FN3O5S. The zero-order valence-electron chi connectivity index (χ0n) is 17.9. The second-order valence-electron chi connectivity index (χ2n) is 6.89. The minimum Gasteiger partial charge on any atom is -0.492 e. The van der Waals surface area contributed by atoms with Crippen molar-refractivity contribution in [3.05, 3.63) is 78.1 Å². The Balaban J connectivity index is 1.87. The van der Waals surface area contributed by atoms with Gasteiger partial charge in [-0.2, -0.15) is 0 Å². The third-order valence-corrected chi connectivity index (χ3v) is 5.76. The van der Waals surface area contributed by atoms with E-state index in [0.29, 0.717) is 5.69 Å². The van der Waals surface area contributed by atoms with Gasteiger partial charge >= 0.3 is 0 Å². The lowest BCUT2D eigenvalue weighted by Gasteiger charge is -2.15. The van der Waals surface area contributed by atoms with E-state index in [1.54, 1.807) is 19.1 Å². The predicted molar refractivity (Wildman–Crippen MR) is 124 cm³/mol. The fraction of sp³-hybridized carbons (Fsp3) is 0.130. The second kappa shape index (κ2) is 10.1. The van der Waals surface area contributed by atoms with Crippen molar-refractivity contribution < 1.29 is 27.1 Å². The number of ether oxygens (including phenoxy) is 1. The Morgan fingerprint density at radius 2 is 1.61 bits per heavy atom. The van der Waals surface area contributed by atoms with Gasteiger partial charge in [-0.25, -0.2) is 12.8 Å². The fourth-order valence-electron chi connectivity index (χ4n) is 2.93. The first-order valence-corrected chi connectivity index (χ1v) is 11.4. The Kier molecular flexibility index (Phi) is 7.29. The number of carbonyl (C=O) groups excluding carboxylic acids is 2. The van der Waals surface area contributed by atoms with Gasteiger partial charge in [-0.1, -0.05) is 12.1 Å². The van der Waals surface area contributed by atoms with E-state index >= 15 is 0 Å². The largest absolute Gasteiger partial charge is 0.492 e. The zero-order chi connectivity index (χ0) is 24.0. The molecule has 10 heteroatoms. The molecule has 3 aromatic carbocycles. The molecule has 3 rings (SSSR count). The quantitative estimate of drug-likeness (QED) is 0.455. The number of anilines is 3. The van der Waals surface area contributed by atoms with Crippen LogP contribution >= 0.6 is 0 Å². The predicted octanol–water partition coefficient (Wildman–Crippen LogP) is 4.24. The molecule has 0 spiro atoms. The number of hydrogen-bond donors (Lipinski definition) is 3. The molecule has 3 N–H and O–H groups in total. The van der Waals surface area contributed by atoms with Gasteiger partial charge < -0.3 is 15.4 Å². The third-order valence-electron chi connectivity index (χ3n) is 4.39. The molecule has 0 radical (unpaired) electrons. The van der Waals surface area contributed by atoms with Gasteiger partial charge in [-0.15, -0.1) is 0 Å². The van der Waals surface area contributed by atoms with Crippen molar-refractivity contribution in [1.82, 2.24) is 0 Å². The molecule has 0 saturated carbocycles. The minimum absolute atomic E-state index is 0.0778. The van der Waals surface area contributed by atoms with Gasteiger partial charge in [-0.3, -0.25) is 14.3 Å². The van der Waals surface area contributed by atoms with Gasteiger partial charge in [0.15, 0.2) is 0 Å². The Morgan fingerprint density at radius 1 is 0.939 bits per heavy atom. The molecule has 8 nitrogen and oxygen atoms in total. The Labute approximate surface area is 190 Å². The smallest absolute Gasteiger partial charge is 0.261 e. The van der Waals surface area contributed by atoms with Crippen molar-refractivity contribution in [2.75, 3.05) is 22.0 Å². The summed E-state index contributed by atoms with van der Waals surface area (Å²) >= 11 is 0. The summed E-state index contributed by atoms with van der Waals surface area (Å²) in [7, 11) is -4.03. The highest BCUT2D eigenvalue weighted by Gasteiger charge is 2.19. The molecule has 0 aliphatic rings. The highest BCUT2D eigenvalue weighted by molar-refractivity contribution is 7.92. The van der Waals surface area contributed by atoms with E-state index in [-0.39, 0.29) is 40.1 Å². The molecule has 0 heterocycles. The average Bonchev–Trinajstić information content (AvgIpc) is 2.76. The highest BCUT2D eigenvalue weighted by atomic mass is 32.2. The van der Waals surface area contributed by atoms with Crippen LogP contribution in [-0.4, -0.2) is 26.8 Å². The molecule has 172 valence electrons. The molecule has 0 atom stereocenters. The number of sulfonamides is 1. The third kappa shape index (κ3) is 6.07. The van der Waals surface area contributed by atoms with Crippen LogP contribution in [-0.2, 0) is 14.8 Å². The number of benzene rings is 3. The second-order valence-corrected chi connectivity index (χ2v) is 8.57. The first-order chi connectivity index (χ1) is 15.7. The van der Waals surface area contributed by atoms with Crippen LogP contribution in [0.3, 0.4) is 0 Å². The maximum absolute atomic E-state index is 14.0. The number of rotatable bonds is 8. The highest BCUT2D eigenvalue weighted by Crippen LogP contribution is 2.29. The van der Waals surface area contributed by atoms with Gasteiger partial charge in [-0.05, 0) is 61.5 Å². The van der Waals surface area contributed by atoms with Crippen LogP contribution in [0.2, 0.25) is 0 Å². The summed E-state index contributed by atoms with van der Waals surface area (Å²) < 4.78 is 47.7. The van der Waals surface area contributed by atoms with Crippen molar-refractivity contribution in [2.24, 2.45) is 0 Å². The van der Waals surface area contributed by atoms with Crippen LogP contribution < -0.4 is 20.1 Å². The fourth-order valence-corrected chi connectivity index (χ4v) is 4.01. The average molecular weight is 472 g/mol. The SMILES string of the molecule is CCOc1ccc(S(=O)(=O)Nc2ccc(NC(C)=O)cc2)cc1NC(=O)c1ccccc1F. The Bertz CT molecular complexity index is 1280. The summed E-state index contributed by atoms with van der Waals surface area (Å²) in [6.07, 6.45) is 0. The maximum Gasteiger partial charge on any atom is 0.261 e. The molecular weight excluding hydrogens is 449 g/mol. The first-order valence-electron chi connectivity index (χ1n) is 9.93. The summed E-state index contributed by atoms with van der Waals surface area (Å²) in [6.45, 7) is 3.37. The normalized spacial score (nSPS) is 10.9. The summed E-state index contributed by atoms with van der Waals surface area (Å²) in [4.78, 5) is 23.5. The molecule has 2 amide bonds. The molecule has 0 bridgehead atoms. The lowest BCUT2D eigenvalue weighted by molar-refractivity contribution is -0.114. The minimum atomic E-state index is -4.03. The number of carbonyl (C=O) groups is 2. The lowest BCUT2D eigenvalue weighted by atomic mass is 10.2. The van der Waals surface area contributed by atoms with Gasteiger partial charge in [0.25, 0.3) is 15.9 Å². The van der Waals surface area contributed by atoms with Crippen molar-refractivity contribution in [1.29, 1.82) is 0 Å². The van der Waals surface area contributed by atoms with Crippen LogP contribution in [0.4, 0.5) is 21.5 Å². The monoisotopic (exact) mass is 471 g/mol. The first kappa shape index (κ1) is 23.7. The number of amides is 2. The van der Waals surface area contributed by atoms with Crippen LogP contribution in [0.1, 0.15) is 24.2 Å². The van der Waals surface area contributed by atoms with E-state index in [0.717, 1.165) is 6.07 Å². The molecule has 0 aromatic heterocycles. The van der Waals surface area contributed by atoms with Crippen LogP contribution in [0, 0.1) is 5.82 Å². The Hall–Kier alpha value is -3.92. The standard InChI is InChI=1S/C23H22FN3O5S/c1-3-32-22-13-12-18(14-21(22)26-23(29)19-6-4-5-7-20(19)24)33(30,31)27-17-10-8-16(9-11-17)25-15(2)28/h4-14,27H,3H2,1-2H3,(H,25,28)(H,26,29). The van der Waals surface area contributed by atoms with Crippen LogP contribution in [0.15, 0.2) is 71.6 Å². The van der Waals surface area contributed by atoms with Gasteiger partial charge in [0.1, 0.15) is 11.6 Å². The van der Waals surface area contributed by atoms with Crippen molar-refractivity contribution in [3.63, 3.8) is 0 Å². The van der Waals surface area contributed by atoms with E-state index in [4.69, 9.17) is 4.74 Å². The van der Waals surface area contributed by atoms with Gasteiger partial charge in [0.05, 0.1) is 22.8 Å². The summed E-state index contributed by atoms with van der Waals surface area (Å²) in [5, 5.41) is 5.11. The maximum atomic E-state index is 14.0. The van der Waals surface area contributed by atoms with Crippen molar-refractivity contribution in [3.8, 4) is 5.75 Å². The summed E-state index contributed by atoms with van der Waals surface area (Å²) in [6, 6.07) is 15.5. The molecule has 0 fully saturated rings. The zero-order valence-corrected chi connectivity index (χ0v) is 18.7. The number of nitrogens with one attached hydrogen (secondary N) is 3. The van der Waals surface area contributed by atoms with Gasteiger partial charge in [0, 0.05) is 18.3 Å². The number of hydrogen-bond acceptors (Lipinski definition) is 5. The molecule has 3 aromatic rings. The van der Waals surface area contributed by atoms with Crippen LogP contribution in [0.25, 0.3) is 0 Å². The van der Waals surface area contributed by atoms with E-state index in [1.807, 2.05) is 0 Å².